The van der Waals surface area contributed by atoms with E-state index in [1.165, 1.54) is 24.0 Å². The molecule has 2 atom stereocenters. The van der Waals surface area contributed by atoms with Crippen LogP contribution < -0.4 is 10.6 Å². The summed E-state index contributed by atoms with van der Waals surface area (Å²) in [5, 5.41) is 6.56. The maximum atomic E-state index is 12.3. The Bertz CT molecular complexity index is 526. The Balaban J connectivity index is 0.00000176. The van der Waals surface area contributed by atoms with Gasteiger partial charge in [-0.3, -0.25) is 4.79 Å². The van der Waals surface area contributed by atoms with Crippen molar-refractivity contribution < 1.29 is 4.79 Å². The van der Waals surface area contributed by atoms with Crippen molar-refractivity contribution in [3.8, 4) is 0 Å². The van der Waals surface area contributed by atoms with E-state index >= 15 is 0 Å². The molecule has 22 heavy (non-hydrogen) atoms. The summed E-state index contributed by atoms with van der Waals surface area (Å²) in [6.07, 6.45) is 3.43. The minimum Gasteiger partial charge on any atom is -0.355 e. The number of hydrogen-bond donors (Lipinski definition) is 2. The summed E-state index contributed by atoms with van der Waals surface area (Å²) in [6.45, 7) is 7.18. The van der Waals surface area contributed by atoms with Crippen LogP contribution in [0.4, 0.5) is 0 Å². The molecule has 1 spiro atoms. The minimum atomic E-state index is 0. The van der Waals surface area contributed by atoms with E-state index < -0.39 is 0 Å². The first-order valence-electron chi connectivity index (χ1n) is 8.16. The molecule has 0 bridgehead atoms. The molecule has 1 amide bonds. The third kappa shape index (κ3) is 3.64. The lowest BCUT2D eigenvalue weighted by molar-refractivity contribution is -0.123. The molecule has 1 aromatic rings. The van der Waals surface area contributed by atoms with Crippen LogP contribution in [0, 0.1) is 18.3 Å². The Morgan fingerprint density at radius 1 is 1.41 bits per heavy atom. The zero-order valence-corrected chi connectivity index (χ0v) is 14.3. The molecular weight excluding hydrogens is 296 g/mol. The van der Waals surface area contributed by atoms with Gasteiger partial charge >= 0.3 is 0 Å². The van der Waals surface area contributed by atoms with Crippen LogP contribution in [0.1, 0.15) is 43.2 Å². The zero-order valence-electron chi connectivity index (χ0n) is 13.5. The fourth-order valence-electron chi connectivity index (χ4n) is 3.67. The molecule has 1 heterocycles. The molecular formula is C18H27ClN2O. The fourth-order valence-corrected chi connectivity index (χ4v) is 3.67. The summed E-state index contributed by atoms with van der Waals surface area (Å²) in [5.41, 5.74) is 2.92. The van der Waals surface area contributed by atoms with Gasteiger partial charge in [0.05, 0.1) is 0 Å². The van der Waals surface area contributed by atoms with Gasteiger partial charge in [0.15, 0.2) is 0 Å². The second kappa shape index (κ2) is 7.01. The summed E-state index contributed by atoms with van der Waals surface area (Å²) < 4.78 is 0. The highest BCUT2D eigenvalue weighted by molar-refractivity contribution is 5.85. The van der Waals surface area contributed by atoms with Crippen molar-refractivity contribution in [2.45, 2.75) is 39.0 Å². The molecule has 2 fully saturated rings. The van der Waals surface area contributed by atoms with Crippen LogP contribution in [-0.2, 0) is 4.79 Å². The number of rotatable bonds is 4. The number of carbonyl (C=O) groups excluding carboxylic acids is 1. The van der Waals surface area contributed by atoms with Crippen molar-refractivity contribution in [1.29, 1.82) is 0 Å². The molecule has 4 heteroatoms. The van der Waals surface area contributed by atoms with Gasteiger partial charge in [-0.25, -0.2) is 0 Å². The van der Waals surface area contributed by atoms with Crippen molar-refractivity contribution in [2.24, 2.45) is 11.3 Å². The SMILES string of the molecule is Cc1cccc(C(C)CNC(=O)C2CC23CCNCC3)c1.Cl. The molecule has 3 rings (SSSR count). The summed E-state index contributed by atoms with van der Waals surface area (Å²) in [5.74, 6) is 0.914. The second-order valence-electron chi connectivity index (χ2n) is 6.93. The molecule has 1 saturated heterocycles. The van der Waals surface area contributed by atoms with Crippen LogP contribution in [0.5, 0.6) is 0 Å². The molecule has 1 aliphatic carbocycles. The Kier molecular flexibility index (Phi) is 5.51. The minimum absolute atomic E-state index is 0. The lowest BCUT2D eigenvalue weighted by Gasteiger charge is -2.23. The van der Waals surface area contributed by atoms with Crippen LogP contribution in [-0.4, -0.2) is 25.5 Å². The number of nitrogens with one attached hydrogen (secondary N) is 2. The predicted molar refractivity (Wildman–Crippen MR) is 92.5 cm³/mol. The van der Waals surface area contributed by atoms with Gasteiger partial charge in [0.2, 0.25) is 5.91 Å². The normalized spacial score (nSPS) is 23.5. The van der Waals surface area contributed by atoms with Crippen molar-refractivity contribution in [3.05, 3.63) is 35.4 Å². The van der Waals surface area contributed by atoms with E-state index in [2.05, 4.69) is 48.7 Å². The molecule has 2 unspecified atom stereocenters. The first-order chi connectivity index (χ1) is 10.1. The average molecular weight is 323 g/mol. The molecule has 122 valence electrons. The molecule has 2 aliphatic rings. The highest BCUT2D eigenvalue weighted by atomic mass is 35.5. The van der Waals surface area contributed by atoms with Crippen LogP contribution in [0.25, 0.3) is 0 Å². The molecule has 2 N–H and O–H groups in total. The van der Waals surface area contributed by atoms with Gasteiger partial charge < -0.3 is 10.6 Å². The molecule has 1 aliphatic heterocycles. The van der Waals surface area contributed by atoms with Crippen LogP contribution in [0.2, 0.25) is 0 Å². The summed E-state index contributed by atoms with van der Waals surface area (Å²) in [6, 6.07) is 8.56. The largest absolute Gasteiger partial charge is 0.355 e. The van der Waals surface area contributed by atoms with E-state index in [1.54, 1.807) is 0 Å². The van der Waals surface area contributed by atoms with Gasteiger partial charge in [-0.1, -0.05) is 36.8 Å². The Morgan fingerprint density at radius 2 is 2.14 bits per heavy atom. The Hall–Kier alpha value is -1.06. The number of aryl methyl sites for hydroxylation is 1. The average Bonchev–Trinajstić information content (AvgIpc) is 3.18. The number of carbonyl (C=O) groups is 1. The standard InChI is InChI=1S/C18H26N2O.ClH/c1-13-4-3-5-15(10-13)14(2)12-20-17(21)16-11-18(16)6-8-19-9-7-18;/h3-5,10,14,16,19H,6-9,11-12H2,1-2H3,(H,20,21);1H. The number of benzene rings is 1. The van der Waals surface area contributed by atoms with Gasteiger partial charge in [0, 0.05) is 12.5 Å². The third-order valence-electron chi connectivity index (χ3n) is 5.30. The van der Waals surface area contributed by atoms with Crippen molar-refractivity contribution in [2.75, 3.05) is 19.6 Å². The molecule has 1 aromatic carbocycles. The van der Waals surface area contributed by atoms with Crippen molar-refractivity contribution in [3.63, 3.8) is 0 Å². The summed E-state index contributed by atoms with van der Waals surface area (Å²) in [7, 11) is 0. The third-order valence-corrected chi connectivity index (χ3v) is 5.30. The van der Waals surface area contributed by atoms with E-state index in [1.807, 2.05) is 0 Å². The fraction of sp³-hybridized carbons (Fsp3) is 0.611. The Morgan fingerprint density at radius 3 is 2.82 bits per heavy atom. The molecule has 0 aromatic heterocycles. The van der Waals surface area contributed by atoms with E-state index in [0.29, 0.717) is 11.3 Å². The van der Waals surface area contributed by atoms with Crippen LogP contribution >= 0.6 is 12.4 Å². The maximum Gasteiger partial charge on any atom is 0.223 e. The first-order valence-corrected chi connectivity index (χ1v) is 8.16. The molecule has 0 radical (unpaired) electrons. The summed E-state index contributed by atoms with van der Waals surface area (Å²) in [4.78, 5) is 12.3. The van der Waals surface area contributed by atoms with Crippen molar-refractivity contribution >= 4 is 18.3 Å². The number of halogens is 1. The lowest BCUT2D eigenvalue weighted by atomic mass is 9.91. The first kappa shape index (κ1) is 17.3. The highest BCUT2D eigenvalue weighted by Crippen LogP contribution is 2.58. The number of piperidine rings is 1. The smallest absolute Gasteiger partial charge is 0.223 e. The zero-order chi connectivity index (χ0) is 14.9. The predicted octanol–water partition coefficient (Wildman–Crippen LogP) is 3.03. The summed E-state index contributed by atoms with van der Waals surface area (Å²) >= 11 is 0. The van der Waals surface area contributed by atoms with E-state index in [4.69, 9.17) is 0 Å². The van der Waals surface area contributed by atoms with E-state index in [-0.39, 0.29) is 24.2 Å². The molecule has 3 nitrogen and oxygen atoms in total. The topological polar surface area (TPSA) is 41.1 Å². The molecule has 1 saturated carbocycles. The monoisotopic (exact) mass is 322 g/mol. The van der Waals surface area contributed by atoms with Crippen molar-refractivity contribution in [1.82, 2.24) is 10.6 Å². The van der Waals surface area contributed by atoms with Gasteiger partial charge in [0.1, 0.15) is 0 Å². The van der Waals surface area contributed by atoms with Gasteiger partial charge in [-0.2, -0.15) is 0 Å². The van der Waals surface area contributed by atoms with Crippen LogP contribution in [0.15, 0.2) is 24.3 Å². The van der Waals surface area contributed by atoms with Gasteiger partial charge in [0.25, 0.3) is 0 Å². The highest BCUT2D eigenvalue weighted by Gasteiger charge is 2.57. The second-order valence-corrected chi connectivity index (χ2v) is 6.93. The Labute approximate surface area is 139 Å². The lowest BCUT2D eigenvalue weighted by Crippen LogP contribution is -2.34. The van der Waals surface area contributed by atoms with Gasteiger partial charge in [-0.15, -0.1) is 12.4 Å². The number of amides is 1. The maximum absolute atomic E-state index is 12.3. The van der Waals surface area contributed by atoms with Gasteiger partial charge in [-0.05, 0) is 56.2 Å². The van der Waals surface area contributed by atoms with Crippen LogP contribution in [0.3, 0.4) is 0 Å². The van der Waals surface area contributed by atoms with E-state index in [9.17, 15) is 4.79 Å². The van der Waals surface area contributed by atoms with E-state index in [0.717, 1.165) is 26.1 Å². The quantitative estimate of drug-likeness (QED) is 0.894. The number of hydrogen-bond acceptors (Lipinski definition) is 2.